The molecule has 4 heterocycles. The monoisotopic (exact) mass is 702 g/mol. The molecule has 0 fully saturated rings. The Bertz CT molecular complexity index is 2010. The van der Waals surface area contributed by atoms with Gasteiger partial charge in [0.25, 0.3) is 0 Å². The van der Waals surface area contributed by atoms with Crippen LogP contribution in [0.2, 0.25) is 0 Å². The van der Waals surface area contributed by atoms with Crippen LogP contribution in [0.5, 0.6) is 0 Å². The SMILES string of the molecule is CC1=CC=C(c2cc(C)c(C(C)C)cn2)[CH-]C1.[2H]c1c(C([2H])([2H])[2H])cnc(C2=c3oc4nc(C([2H])([2H])[2H])ccc4c3=CC[CH-]2)c1[2H].[Ir]. The first kappa shape index (κ1) is 19.6. The number of allylic oxidation sites excluding steroid dienone is 4. The van der Waals surface area contributed by atoms with Gasteiger partial charge in [-0.2, -0.15) is 24.5 Å². The summed E-state index contributed by atoms with van der Waals surface area (Å²) in [5, 5.41) is 1.34. The number of hydrogen-bond acceptors (Lipinski definition) is 4. The molecule has 203 valence electrons. The number of pyridine rings is 3. The smallest absolute Gasteiger partial charge is 0.213 e. The van der Waals surface area contributed by atoms with Crippen LogP contribution in [0, 0.1) is 33.5 Å². The number of rotatable bonds is 3. The van der Waals surface area contributed by atoms with Crippen LogP contribution in [-0.4, -0.2) is 15.0 Å². The Morgan fingerprint density at radius 1 is 1.03 bits per heavy atom. The molecule has 0 N–H and O–H groups in total. The first-order valence-electron chi connectivity index (χ1n) is 16.7. The fourth-order valence-corrected chi connectivity index (χ4v) is 4.61. The molecule has 4 nitrogen and oxygen atoms in total. The van der Waals surface area contributed by atoms with Crippen LogP contribution >= 0.6 is 0 Å². The van der Waals surface area contributed by atoms with Gasteiger partial charge in [-0.1, -0.05) is 62.1 Å². The molecule has 2 aliphatic carbocycles. The average Bonchev–Trinajstić information content (AvgIpc) is 3.36. The van der Waals surface area contributed by atoms with Gasteiger partial charge < -0.3 is 14.4 Å². The molecule has 0 bridgehead atoms. The van der Waals surface area contributed by atoms with Gasteiger partial charge in [0.2, 0.25) is 5.71 Å². The minimum Gasteiger partial charge on any atom is -0.501 e. The fraction of sp³-hybridized carbons (Fsp3) is 0.265. The molecule has 4 aromatic heterocycles. The Morgan fingerprint density at radius 2 is 1.87 bits per heavy atom. The van der Waals surface area contributed by atoms with Crippen molar-refractivity contribution in [3.8, 4) is 0 Å². The van der Waals surface area contributed by atoms with Gasteiger partial charge in [-0.3, -0.25) is 0 Å². The molecule has 0 spiro atoms. The zero-order valence-electron chi connectivity index (χ0n) is 30.3. The molecule has 0 amide bonds. The number of aryl methyl sites for hydroxylation is 3. The van der Waals surface area contributed by atoms with Gasteiger partial charge in [-0.25, -0.2) is 4.98 Å². The van der Waals surface area contributed by atoms with E-state index in [1.54, 1.807) is 12.5 Å². The summed E-state index contributed by atoms with van der Waals surface area (Å²) in [5.74, 6) is 0.544. The minimum absolute atomic E-state index is 0. The number of fused-ring (bicyclic) bond motifs is 3. The van der Waals surface area contributed by atoms with Crippen molar-refractivity contribution < 1.29 is 35.5 Å². The quantitative estimate of drug-likeness (QED) is 0.219. The first-order valence-corrected chi connectivity index (χ1v) is 12.7. The molecule has 6 rings (SSSR count). The second kappa shape index (κ2) is 12.2. The van der Waals surface area contributed by atoms with E-state index in [9.17, 15) is 0 Å². The summed E-state index contributed by atoms with van der Waals surface area (Å²) in [6, 6.07) is 4.54. The zero-order valence-corrected chi connectivity index (χ0v) is 24.7. The topological polar surface area (TPSA) is 51.8 Å². The molecule has 0 atom stereocenters. The molecule has 2 aliphatic rings. The molecule has 5 heteroatoms. The molecule has 39 heavy (non-hydrogen) atoms. The first-order chi connectivity index (χ1) is 21.6. The standard InChI is InChI=1S/C18H15N2O.C16H20N.Ir/c1-11-6-9-16(19-10-11)15-5-3-4-13-14-8-7-12(2)20-18(14)21-17(13)15;1-11(2)15-10-17-16(9-13(15)4)14-7-5-12(3)6-8-14;/h4-10H,3H2,1-2H3;5,7-11H,6H2,1-4H3;/q2*-1;/i1D3,2D3,6D,9D;;. The maximum atomic E-state index is 8.26. The molecule has 1 radical (unpaired) electrons. The van der Waals surface area contributed by atoms with Gasteiger partial charge >= 0.3 is 0 Å². The molecule has 0 saturated heterocycles. The minimum atomic E-state index is -2.53. The largest absolute Gasteiger partial charge is 0.501 e. The Kier molecular flexibility index (Phi) is 6.14. The van der Waals surface area contributed by atoms with E-state index in [2.05, 4.69) is 67.3 Å². The Hall–Kier alpha value is -3.40. The van der Waals surface area contributed by atoms with Crippen molar-refractivity contribution in [2.24, 2.45) is 0 Å². The summed E-state index contributed by atoms with van der Waals surface area (Å²) in [4.78, 5) is 12.8. The van der Waals surface area contributed by atoms with Crippen molar-refractivity contribution >= 4 is 28.3 Å². The zero-order chi connectivity index (χ0) is 33.6. The third-order valence-electron chi connectivity index (χ3n) is 6.64. The maximum Gasteiger partial charge on any atom is 0.213 e. The second-order valence-corrected chi connectivity index (χ2v) is 9.85. The third kappa shape index (κ3) is 6.27. The van der Waals surface area contributed by atoms with Crippen molar-refractivity contribution in [3.63, 3.8) is 0 Å². The van der Waals surface area contributed by atoms with Gasteiger partial charge in [-0.05, 0) is 73.3 Å². The van der Waals surface area contributed by atoms with Crippen LogP contribution in [0.4, 0.5) is 0 Å². The molecule has 0 aliphatic heterocycles. The van der Waals surface area contributed by atoms with Crippen LogP contribution in [0.25, 0.3) is 28.3 Å². The van der Waals surface area contributed by atoms with Crippen LogP contribution < -0.4 is 10.6 Å². The third-order valence-corrected chi connectivity index (χ3v) is 6.64. The van der Waals surface area contributed by atoms with E-state index in [0.717, 1.165) is 18.3 Å². The van der Waals surface area contributed by atoms with Crippen LogP contribution in [0.3, 0.4) is 0 Å². The summed E-state index contributed by atoms with van der Waals surface area (Å²) in [5.41, 5.74) is 7.16. The number of furan rings is 1. The van der Waals surface area contributed by atoms with Gasteiger partial charge in [0.15, 0.2) is 0 Å². The number of hydrogen-bond donors (Lipinski definition) is 0. The van der Waals surface area contributed by atoms with E-state index in [-0.39, 0.29) is 48.8 Å². The van der Waals surface area contributed by atoms with Crippen molar-refractivity contribution in [2.75, 3.05) is 0 Å². The summed E-state index contributed by atoms with van der Waals surface area (Å²) < 4.78 is 67.2. The van der Waals surface area contributed by atoms with Gasteiger partial charge in [0, 0.05) is 57.2 Å². The van der Waals surface area contributed by atoms with E-state index in [1.165, 1.54) is 28.3 Å². The van der Waals surface area contributed by atoms with Gasteiger partial charge in [0.1, 0.15) is 0 Å². The normalized spacial score (nSPS) is 17.7. The van der Waals surface area contributed by atoms with Crippen molar-refractivity contribution in [1.29, 1.82) is 0 Å². The van der Waals surface area contributed by atoms with Crippen LogP contribution in [0.1, 0.15) is 84.3 Å². The fourth-order valence-electron chi connectivity index (χ4n) is 4.61. The summed E-state index contributed by atoms with van der Waals surface area (Å²) in [7, 11) is 0. The van der Waals surface area contributed by atoms with E-state index in [4.69, 9.17) is 15.4 Å². The van der Waals surface area contributed by atoms with E-state index < -0.39 is 19.7 Å². The average molecular weight is 702 g/mol. The Morgan fingerprint density at radius 3 is 2.59 bits per heavy atom. The maximum absolute atomic E-state index is 8.26. The van der Waals surface area contributed by atoms with E-state index in [0.29, 0.717) is 33.9 Å². The summed E-state index contributed by atoms with van der Waals surface area (Å²) in [6.45, 7) is 3.84. The van der Waals surface area contributed by atoms with Gasteiger partial charge in [-0.15, -0.1) is 11.6 Å². The van der Waals surface area contributed by atoms with Crippen molar-refractivity contribution in [2.45, 2.75) is 60.2 Å². The molecular formula is C34H35IrN3O-2. The summed E-state index contributed by atoms with van der Waals surface area (Å²) >= 11 is 0. The number of nitrogens with zero attached hydrogens (tertiary/aromatic N) is 3. The molecule has 0 saturated carbocycles. The Balaban J connectivity index is 0.000000238. The molecule has 0 unspecified atom stereocenters. The molecule has 0 aromatic carbocycles. The van der Waals surface area contributed by atoms with Crippen molar-refractivity contribution in [3.05, 3.63) is 118 Å². The van der Waals surface area contributed by atoms with E-state index in [1.807, 2.05) is 12.3 Å². The van der Waals surface area contributed by atoms with Crippen LogP contribution in [0.15, 0.2) is 64.8 Å². The second-order valence-electron chi connectivity index (χ2n) is 9.85. The van der Waals surface area contributed by atoms with E-state index >= 15 is 0 Å². The van der Waals surface area contributed by atoms with Crippen LogP contribution in [-0.2, 0) is 20.1 Å². The molecular weight excluding hydrogens is 659 g/mol. The van der Waals surface area contributed by atoms with Crippen molar-refractivity contribution in [1.82, 2.24) is 15.0 Å². The Labute approximate surface area is 256 Å². The number of aromatic nitrogens is 3. The predicted molar refractivity (Wildman–Crippen MR) is 157 cm³/mol. The summed E-state index contributed by atoms with van der Waals surface area (Å²) in [6.07, 6.45) is 14.9. The van der Waals surface area contributed by atoms with Gasteiger partial charge in [0.05, 0.1) is 2.74 Å². The molecule has 4 aromatic rings. The predicted octanol–water partition coefficient (Wildman–Crippen LogP) is 6.88.